The van der Waals surface area contributed by atoms with Gasteiger partial charge >= 0.3 is 0 Å². The number of benzene rings is 6. The number of aryl methyl sites for hydroxylation is 1. The molecule has 8 rings (SSSR count). The van der Waals surface area contributed by atoms with Crippen LogP contribution in [0.3, 0.4) is 0 Å². The topological polar surface area (TPSA) is 50.9 Å². The van der Waals surface area contributed by atoms with Gasteiger partial charge in [0.1, 0.15) is 11.6 Å². The number of phenols is 1. The van der Waals surface area contributed by atoms with Crippen molar-refractivity contribution >= 4 is 11.0 Å². The molecule has 66 heavy (non-hydrogen) atoms. The van der Waals surface area contributed by atoms with E-state index in [9.17, 15) is 7.85 Å². The minimum atomic E-state index is -1.17. The van der Waals surface area contributed by atoms with Crippen LogP contribution in [0.4, 0.5) is 0 Å². The van der Waals surface area contributed by atoms with Gasteiger partial charge < -0.3 is 5.11 Å². The minimum absolute atomic E-state index is 0. The van der Waals surface area contributed by atoms with Crippen LogP contribution in [-0.2, 0) is 37.3 Å². The smallest absolute Gasteiger partial charge is 0.148 e. The average Bonchev–Trinajstić information content (AvgIpc) is 3.64. The van der Waals surface area contributed by atoms with Gasteiger partial charge in [-0.2, -0.15) is 0 Å². The van der Waals surface area contributed by atoms with Gasteiger partial charge in [-0.1, -0.05) is 186 Å². The summed E-state index contributed by atoms with van der Waals surface area (Å²) in [6.45, 7) is 29.4. The molecule has 0 unspecified atom stereocenters. The third kappa shape index (κ3) is 9.63. The Hall–Kier alpha value is -5.57. The Bertz CT molecular complexity index is 3150. The number of pyridine rings is 1. The van der Waals surface area contributed by atoms with Gasteiger partial charge in [-0.05, 0) is 104 Å². The summed E-state index contributed by atoms with van der Waals surface area (Å²) >= 11 is 0. The van der Waals surface area contributed by atoms with Gasteiger partial charge in [0, 0.05) is 41.3 Å². The first-order chi connectivity index (χ1) is 31.2. The Morgan fingerprint density at radius 1 is 0.591 bits per heavy atom. The molecule has 6 aromatic carbocycles. The van der Waals surface area contributed by atoms with E-state index in [2.05, 4.69) is 189 Å². The number of hydrogen-bond acceptors (Lipinski definition) is 3. The van der Waals surface area contributed by atoms with Crippen molar-refractivity contribution in [2.75, 3.05) is 0 Å². The SMILES string of the molecule is [2H]C(C)(C)c1cc(-c2nc3c(-c4[c-]c(-c5cc(-c6ccc(C)cc6)ccn5)cc(C(C)(C)C)c4)cccc3n2-c2ccc(C(C)(C)C)cc2-c2ccc(C(C)(C)C)cc2)c(O)c(C([2H])(C)C)c1.[Pt]. The molecule has 0 atom stereocenters. The number of nitrogens with zero attached hydrogens (tertiary/aromatic N) is 3. The number of rotatable bonds is 8. The third-order valence-electron chi connectivity index (χ3n) is 12.8. The van der Waals surface area contributed by atoms with Crippen LogP contribution in [0, 0.1) is 13.0 Å². The van der Waals surface area contributed by atoms with E-state index in [-0.39, 0.29) is 43.1 Å². The predicted molar refractivity (Wildman–Crippen MR) is 276 cm³/mol. The molecular weight excluding hydrogens is 986 g/mol. The van der Waals surface area contributed by atoms with E-state index in [0.29, 0.717) is 22.5 Å². The Kier molecular flexibility index (Phi) is 12.6. The number of para-hydroxylation sites is 1. The predicted octanol–water partition coefficient (Wildman–Crippen LogP) is 16.7. The van der Waals surface area contributed by atoms with Gasteiger partial charge in [0.2, 0.25) is 0 Å². The summed E-state index contributed by atoms with van der Waals surface area (Å²) in [6, 6.07) is 46.6. The number of hydrogen-bond donors (Lipinski definition) is 1. The fraction of sp³-hybridized carbons (Fsp3) is 0.311. The van der Waals surface area contributed by atoms with Crippen molar-refractivity contribution in [2.24, 2.45) is 0 Å². The third-order valence-corrected chi connectivity index (χ3v) is 12.8. The number of imidazole rings is 1. The summed E-state index contributed by atoms with van der Waals surface area (Å²) in [6.07, 6.45) is 1.88. The van der Waals surface area contributed by atoms with E-state index in [0.717, 1.165) is 66.9 Å². The van der Waals surface area contributed by atoms with Gasteiger partial charge in [0.25, 0.3) is 0 Å². The molecule has 0 aliphatic heterocycles. The van der Waals surface area contributed by atoms with Crippen LogP contribution in [0.1, 0.15) is 138 Å². The summed E-state index contributed by atoms with van der Waals surface area (Å²) in [7, 11) is 0. The average molecular weight is 1050 g/mol. The van der Waals surface area contributed by atoms with Crippen molar-refractivity contribution in [3.8, 4) is 67.5 Å². The molecule has 0 amide bonds. The quantitative estimate of drug-likeness (QED) is 0.154. The molecule has 0 saturated heterocycles. The van der Waals surface area contributed by atoms with Crippen molar-refractivity contribution in [3.05, 3.63) is 167 Å². The molecule has 1 N–H and O–H groups in total. The first-order valence-corrected chi connectivity index (χ1v) is 23.0. The zero-order valence-electron chi connectivity index (χ0n) is 43.2. The molecule has 0 spiro atoms. The number of phenolic OH excluding ortho intramolecular Hbond substituents is 1. The van der Waals surface area contributed by atoms with Crippen molar-refractivity contribution in [2.45, 2.75) is 125 Å². The maximum Gasteiger partial charge on any atom is 0.148 e. The summed E-state index contributed by atoms with van der Waals surface area (Å²) in [5.41, 5.74) is 16.3. The second kappa shape index (κ2) is 18.3. The summed E-state index contributed by atoms with van der Waals surface area (Å²) in [5.74, 6) is -1.69. The van der Waals surface area contributed by atoms with Crippen LogP contribution in [-0.4, -0.2) is 19.6 Å². The van der Waals surface area contributed by atoms with E-state index >= 15 is 0 Å². The molecule has 0 fully saturated rings. The Morgan fingerprint density at radius 2 is 1.21 bits per heavy atom. The Balaban J connectivity index is 0.00000684. The number of fused-ring (bicyclic) bond motifs is 1. The van der Waals surface area contributed by atoms with E-state index in [1.807, 2.05) is 32.2 Å². The molecule has 0 aliphatic rings. The van der Waals surface area contributed by atoms with Crippen molar-refractivity contribution in [3.63, 3.8) is 0 Å². The number of aromatic hydroxyl groups is 1. The van der Waals surface area contributed by atoms with E-state index in [1.165, 1.54) is 16.7 Å². The van der Waals surface area contributed by atoms with Crippen LogP contribution in [0.2, 0.25) is 0 Å². The molecular formula is C61H66N3OPt-. The van der Waals surface area contributed by atoms with Gasteiger partial charge in [-0.3, -0.25) is 9.55 Å². The molecule has 0 saturated carbocycles. The van der Waals surface area contributed by atoms with Gasteiger partial charge in [0.05, 0.1) is 22.3 Å². The molecule has 0 aliphatic carbocycles. The molecule has 2 aromatic heterocycles. The fourth-order valence-electron chi connectivity index (χ4n) is 8.58. The molecule has 4 nitrogen and oxygen atoms in total. The minimum Gasteiger partial charge on any atom is -0.507 e. The summed E-state index contributed by atoms with van der Waals surface area (Å²) < 4.78 is 20.6. The van der Waals surface area contributed by atoms with E-state index in [1.54, 1.807) is 13.8 Å². The van der Waals surface area contributed by atoms with Gasteiger partial charge in [0.15, 0.2) is 0 Å². The molecule has 0 radical (unpaired) electrons. The molecule has 0 bridgehead atoms. The van der Waals surface area contributed by atoms with Gasteiger partial charge in [-0.25, -0.2) is 4.98 Å². The molecule has 342 valence electrons. The fourth-order valence-corrected chi connectivity index (χ4v) is 8.58. The zero-order chi connectivity index (χ0) is 48.6. The Morgan fingerprint density at radius 3 is 1.83 bits per heavy atom. The molecule has 8 aromatic rings. The van der Waals surface area contributed by atoms with E-state index in [4.69, 9.17) is 9.97 Å². The standard InChI is InChI=1S/C61H66N3O.Pt/c1-37(2)43-33-50(38(3)4)57(65)52(34-43)58-63-56-49(44-30-45(32-48(31-44)61(12,13)14)53-35-42(28-29-62-53)40-20-18-39(5)19-21-40)16-15-17-55(56)64(58)54-27-26-47(60(9,10)11)36-51(54)41-22-24-46(25-23-41)59(6,7)8;/h15-29,31-38,65H,1-14H3;/q-1;/i37D,38D;. The van der Waals surface area contributed by atoms with Gasteiger partial charge in [-0.15, -0.1) is 29.3 Å². The largest absolute Gasteiger partial charge is 0.507 e. The first-order valence-electron chi connectivity index (χ1n) is 24.0. The maximum atomic E-state index is 12.5. The van der Waals surface area contributed by atoms with Crippen molar-refractivity contribution in [1.82, 2.24) is 14.5 Å². The zero-order valence-corrected chi connectivity index (χ0v) is 43.5. The normalized spacial score (nSPS) is 13.1. The maximum absolute atomic E-state index is 12.5. The Labute approximate surface area is 411 Å². The second-order valence-corrected chi connectivity index (χ2v) is 21.4. The summed E-state index contributed by atoms with van der Waals surface area (Å²) in [5, 5.41) is 12.5. The molecule has 5 heteroatoms. The van der Waals surface area contributed by atoms with Crippen LogP contribution in [0.5, 0.6) is 5.75 Å². The van der Waals surface area contributed by atoms with Crippen LogP contribution >= 0.6 is 0 Å². The van der Waals surface area contributed by atoms with Crippen LogP contribution in [0.25, 0.3) is 72.7 Å². The first kappa shape index (κ1) is 45.6. The molecule has 2 heterocycles. The van der Waals surface area contributed by atoms with Crippen molar-refractivity contribution < 1.29 is 28.9 Å². The van der Waals surface area contributed by atoms with Crippen LogP contribution < -0.4 is 0 Å². The monoisotopic (exact) mass is 1050 g/mol. The van der Waals surface area contributed by atoms with E-state index < -0.39 is 11.8 Å². The van der Waals surface area contributed by atoms with Crippen LogP contribution in [0.15, 0.2) is 128 Å². The number of aromatic nitrogens is 3. The van der Waals surface area contributed by atoms with Crippen molar-refractivity contribution in [1.29, 1.82) is 0 Å². The second-order valence-electron chi connectivity index (χ2n) is 21.4. The summed E-state index contributed by atoms with van der Waals surface area (Å²) in [4.78, 5) is 10.5.